The fraction of sp³-hybridized carbons (Fsp3) is 0.500. The van der Waals surface area contributed by atoms with Crippen LogP contribution in [-0.4, -0.2) is 25.5 Å². The summed E-state index contributed by atoms with van der Waals surface area (Å²) < 4.78 is 26.2. The van der Waals surface area contributed by atoms with Gasteiger partial charge < -0.3 is 10.6 Å². The van der Waals surface area contributed by atoms with Crippen LogP contribution in [0, 0.1) is 17.0 Å². The third-order valence-corrected chi connectivity index (χ3v) is 3.54. The number of piperidine rings is 1. The van der Waals surface area contributed by atoms with Crippen LogP contribution in [0.25, 0.3) is 0 Å². The van der Waals surface area contributed by atoms with Gasteiger partial charge in [0, 0.05) is 19.2 Å². The van der Waals surface area contributed by atoms with Gasteiger partial charge >= 0.3 is 0 Å². The van der Waals surface area contributed by atoms with Crippen molar-refractivity contribution in [3.63, 3.8) is 0 Å². The van der Waals surface area contributed by atoms with Crippen molar-refractivity contribution in [2.45, 2.75) is 19.8 Å². The molecule has 0 bridgehead atoms. The molecule has 2 rings (SSSR count). The maximum Gasteiger partial charge on any atom is 0.254 e. The lowest BCUT2D eigenvalue weighted by Crippen LogP contribution is -2.45. The van der Waals surface area contributed by atoms with Crippen molar-refractivity contribution in [1.29, 1.82) is 0 Å². The molecule has 0 radical (unpaired) electrons. The molecule has 1 saturated heterocycles. The summed E-state index contributed by atoms with van der Waals surface area (Å²) in [5, 5.41) is 6.01. The molecule has 1 atom stereocenters. The first-order valence-corrected chi connectivity index (χ1v) is 6.44. The average molecular weight is 305 g/mol. The van der Waals surface area contributed by atoms with Crippen molar-refractivity contribution in [2.24, 2.45) is 5.41 Å². The zero-order valence-electron chi connectivity index (χ0n) is 11.3. The molecule has 1 aromatic carbocycles. The van der Waals surface area contributed by atoms with Gasteiger partial charge in [-0.3, -0.25) is 4.79 Å². The Bertz CT molecular complexity index is 476. The van der Waals surface area contributed by atoms with Crippen LogP contribution in [0.2, 0.25) is 0 Å². The molecule has 0 aromatic heterocycles. The number of halogens is 3. The van der Waals surface area contributed by atoms with E-state index >= 15 is 0 Å². The van der Waals surface area contributed by atoms with Crippen LogP contribution in [0.5, 0.6) is 0 Å². The molecule has 1 aliphatic rings. The Morgan fingerprint density at radius 3 is 2.80 bits per heavy atom. The predicted octanol–water partition coefficient (Wildman–Crippen LogP) is 2.51. The highest BCUT2D eigenvalue weighted by Gasteiger charge is 2.27. The first kappa shape index (κ1) is 16.9. The largest absolute Gasteiger partial charge is 0.351 e. The van der Waals surface area contributed by atoms with E-state index in [1.54, 1.807) is 0 Å². The molecule has 1 unspecified atom stereocenters. The third kappa shape index (κ3) is 4.15. The van der Waals surface area contributed by atoms with Gasteiger partial charge in [0.1, 0.15) is 11.6 Å². The van der Waals surface area contributed by atoms with Crippen molar-refractivity contribution in [3.8, 4) is 0 Å². The van der Waals surface area contributed by atoms with Crippen LogP contribution in [-0.2, 0) is 0 Å². The Morgan fingerprint density at radius 2 is 2.20 bits per heavy atom. The molecular weight excluding hydrogens is 286 g/mol. The molecule has 1 heterocycles. The molecule has 2 N–H and O–H groups in total. The average Bonchev–Trinajstić information content (AvgIpc) is 2.37. The number of carbonyl (C=O) groups excluding carboxylic acids is 1. The Morgan fingerprint density at radius 1 is 1.45 bits per heavy atom. The summed E-state index contributed by atoms with van der Waals surface area (Å²) in [5.74, 6) is -2.01. The molecule has 0 spiro atoms. The normalized spacial score (nSPS) is 21.9. The highest BCUT2D eigenvalue weighted by atomic mass is 35.5. The van der Waals surface area contributed by atoms with E-state index in [0.29, 0.717) is 6.54 Å². The lowest BCUT2D eigenvalue weighted by atomic mass is 9.83. The molecule has 0 saturated carbocycles. The van der Waals surface area contributed by atoms with Gasteiger partial charge in [-0.1, -0.05) is 6.92 Å². The van der Waals surface area contributed by atoms with Crippen molar-refractivity contribution in [3.05, 3.63) is 35.4 Å². The van der Waals surface area contributed by atoms with Gasteiger partial charge in [-0.15, -0.1) is 12.4 Å². The third-order valence-electron chi connectivity index (χ3n) is 3.54. The standard InChI is InChI=1S/C14H18F2N2O.ClH/c1-14(5-2-6-17-8-14)9-18-13(19)11-4-3-10(15)7-12(11)16;/h3-4,7,17H,2,5-6,8-9H2,1H3,(H,18,19);1H. The molecule has 6 heteroatoms. The van der Waals surface area contributed by atoms with E-state index in [1.165, 1.54) is 6.07 Å². The van der Waals surface area contributed by atoms with Crippen molar-refractivity contribution in [1.82, 2.24) is 10.6 Å². The minimum atomic E-state index is -0.829. The first-order chi connectivity index (χ1) is 9.00. The lowest BCUT2D eigenvalue weighted by molar-refractivity contribution is 0.0920. The van der Waals surface area contributed by atoms with Crippen molar-refractivity contribution >= 4 is 18.3 Å². The van der Waals surface area contributed by atoms with E-state index in [0.717, 1.165) is 38.1 Å². The molecule has 1 amide bonds. The molecule has 1 fully saturated rings. The highest BCUT2D eigenvalue weighted by Crippen LogP contribution is 2.24. The zero-order valence-corrected chi connectivity index (χ0v) is 12.2. The predicted molar refractivity (Wildman–Crippen MR) is 76.1 cm³/mol. The number of carbonyl (C=O) groups is 1. The summed E-state index contributed by atoms with van der Waals surface area (Å²) in [7, 11) is 0. The van der Waals surface area contributed by atoms with E-state index in [2.05, 4.69) is 17.6 Å². The molecule has 1 aliphatic heterocycles. The first-order valence-electron chi connectivity index (χ1n) is 6.44. The molecular formula is C14H19ClF2N2O. The van der Waals surface area contributed by atoms with E-state index in [4.69, 9.17) is 0 Å². The summed E-state index contributed by atoms with van der Waals surface area (Å²) in [6.45, 7) is 4.39. The van der Waals surface area contributed by atoms with E-state index in [1.807, 2.05) is 0 Å². The maximum atomic E-state index is 13.4. The van der Waals surface area contributed by atoms with Crippen LogP contribution in [0.15, 0.2) is 18.2 Å². The second-order valence-electron chi connectivity index (χ2n) is 5.40. The Kier molecular flexibility index (Phi) is 5.89. The molecule has 20 heavy (non-hydrogen) atoms. The summed E-state index contributed by atoms with van der Waals surface area (Å²) >= 11 is 0. The van der Waals surface area contributed by atoms with Gasteiger partial charge in [-0.2, -0.15) is 0 Å². The fourth-order valence-electron chi connectivity index (χ4n) is 2.33. The minimum absolute atomic E-state index is 0. The van der Waals surface area contributed by atoms with E-state index in [9.17, 15) is 13.6 Å². The smallest absolute Gasteiger partial charge is 0.254 e. The summed E-state index contributed by atoms with van der Waals surface area (Å²) in [5.41, 5.74) is -0.126. The molecule has 0 aliphatic carbocycles. The quantitative estimate of drug-likeness (QED) is 0.901. The molecule has 1 aromatic rings. The van der Waals surface area contributed by atoms with Gasteiger partial charge in [0.2, 0.25) is 0 Å². The number of amides is 1. The number of hydrogen-bond acceptors (Lipinski definition) is 2. The van der Waals surface area contributed by atoms with Crippen LogP contribution >= 0.6 is 12.4 Å². The Labute approximate surface area is 123 Å². The van der Waals surface area contributed by atoms with Gasteiger partial charge in [0.05, 0.1) is 5.56 Å². The second kappa shape index (κ2) is 6.99. The van der Waals surface area contributed by atoms with Gasteiger partial charge in [0.25, 0.3) is 5.91 Å². The van der Waals surface area contributed by atoms with Crippen LogP contribution in [0.3, 0.4) is 0 Å². The lowest BCUT2D eigenvalue weighted by Gasteiger charge is -2.34. The van der Waals surface area contributed by atoms with E-state index in [-0.39, 0.29) is 23.4 Å². The minimum Gasteiger partial charge on any atom is -0.351 e. The Hall–Kier alpha value is -1.20. The number of benzene rings is 1. The SMILES string of the molecule is CC1(CNC(=O)c2ccc(F)cc2F)CCCNC1.Cl. The fourth-order valence-corrected chi connectivity index (χ4v) is 2.33. The molecule has 3 nitrogen and oxygen atoms in total. The number of rotatable bonds is 3. The number of nitrogens with one attached hydrogen (secondary N) is 2. The van der Waals surface area contributed by atoms with E-state index < -0.39 is 17.5 Å². The van der Waals surface area contributed by atoms with Gasteiger partial charge in [-0.05, 0) is 36.9 Å². The van der Waals surface area contributed by atoms with Crippen LogP contribution in [0.1, 0.15) is 30.1 Å². The maximum absolute atomic E-state index is 13.4. The zero-order chi connectivity index (χ0) is 13.9. The van der Waals surface area contributed by atoms with Crippen LogP contribution in [0.4, 0.5) is 8.78 Å². The second-order valence-corrected chi connectivity index (χ2v) is 5.40. The summed E-state index contributed by atoms with van der Waals surface area (Å²) in [6, 6.07) is 2.97. The monoisotopic (exact) mass is 304 g/mol. The number of hydrogen-bond donors (Lipinski definition) is 2. The van der Waals surface area contributed by atoms with Crippen LogP contribution < -0.4 is 10.6 Å². The summed E-state index contributed by atoms with van der Waals surface area (Å²) in [6.07, 6.45) is 2.09. The topological polar surface area (TPSA) is 41.1 Å². The summed E-state index contributed by atoms with van der Waals surface area (Å²) in [4.78, 5) is 11.9. The molecule has 112 valence electrons. The Balaban J connectivity index is 0.00000200. The van der Waals surface area contributed by atoms with Crippen molar-refractivity contribution in [2.75, 3.05) is 19.6 Å². The highest BCUT2D eigenvalue weighted by molar-refractivity contribution is 5.94. The van der Waals surface area contributed by atoms with Gasteiger partial charge in [0.15, 0.2) is 0 Å². The van der Waals surface area contributed by atoms with Gasteiger partial charge in [-0.25, -0.2) is 8.78 Å². The van der Waals surface area contributed by atoms with Crippen molar-refractivity contribution < 1.29 is 13.6 Å².